The predicted octanol–water partition coefficient (Wildman–Crippen LogP) is 2.77. The van der Waals surface area contributed by atoms with Crippen LogP contribution in [-0.2, 0) is 6.42 Å². The summed E-state index contributed by atoms with van der Waals surface area (Å²) in [5.74, 6) is 1.27. The summed E-state index contributed by atoms with van der Waals surface area (Å²) in [7, 11) is 0. The van der Waals surface area contributed by atoms with Crippen LogP contribution in [0.2, 0.25) is 0 Å². The van der Waals surface area contributed by atoms with Crippen molar-refractivity contribution >= 4 is 5.91 Å². The van der Waals surface area contributed by atoms with Gasteiger partial charge in [0, 0.05) is 25.1 Å². The highest BCUT2D eigenvalue weighted by Crippen LogP contribution is 2.27. The second-order valence-electron chi connectivity index (χ2n) is 6.31. The van der Waals surface area contributed by atoms with E-state index in [9.17, 15) is 4.79 Å². The van der Waals surface area contributed by atoms with Gasteiger partial charge in [-0.05, 0) is 29.8 Å². The molecule has 0 bridgehead atoms. The third kappa shape index (κ3) is 3.20. The Morgan fingerprint density at radius 2 is 1.88 bits per heavy atom. The zero-order chi connectivity index (χ0) is 17.9. The van der Waals surface area contributed by atoms with Gasteiger partial charge in [0.15, 0.2) is 5.82 Å². The number of rotatable bonds is 4. The molecule has 0 spiro atoms. The van der Waals surface area contributed by atoms with Crippen molar-refractivity contribution in [3.05, 3.63) is 83.0 Å². The Balaban J connectivity index is 1.36. The number of hydrogen-bond donors (Lipinski definition) is 0. The number of nitrogens with zero attached hydrogens (tertiary/aromatic N) is 4. The van der Waals surface area contributed by atoms with Gasteiger partial charge in [0.05, 0.1) is 17.6 Å². The number of carbonyl (C=O) groups excluding carboxylic acids is 1. The van der Waals surface area contributed by atoms with Crippen LogP contribution in [0.1, 0.15) is 39.1 Å². The van der Waals surface area contributed by atoms with Gasteiger partial charge < -0.3 is 9.42 Å². The molecule has 1 aliphatic rings. The fraction of sp³-hybridized carbons (Fsp3) is 0.200. The maximum absolute atomic E-state index is 12.4. The molecule has 0 radical (unpaired) electrons. The van der Waals surface area contributed by atoms with E-state index in [2.05, 4.69) is 10.1 Å². The number of carbonyl (C=O) groups is 1. The van der Waals surface area contributed by atoms with Crippen LogP contribution >= 0.6 is 0 Å². The van der Waals surface area contributed by atoms with Crippen molar-refractivity contribution in [2.75, 3.05) is 13.1 Å². The van der Waals surface area contributed by atoms with Gasteiger partial charge in [-0.1, -0.05) is 35.5 Å². The highest BCUT2D eigenvalue weighted by molar-refractivity contribution is 5.95. The van der Waals surface area contributed by atoms with Crippen LogP contribution in [0.15, 0.2) is 59.1 Å². The van der Waals surface area contributed by atoms with E-state index in [4.69, 9.17) is 9.78 Å². The topological polar surface area (TPSA) is 83.0 Å². The summed E-state index contributed by atoms with van der Waals surface area (Å²) in [6.45, 7) is 1.12. The maximum Gasteiger partial charge on any atom is 0.253 e. The fourth-order valence-corrected chi connectivity index (χ4v) is 2.95. The maximum atomic E-state index is 12.4. The summed E-state index contributed by atoms with van der Waals surface area (Å²) in [4.78, 5) is 18.6. The van der Waals surface area contributed by atoms with E-state index in [1.54, 1.807) is 29.2 Å². The third-order valence-corrected chi connectivity index (χ3v) is 4.47. The Hall–Kier alpha value is -3.46. The summed E-state index contributed by atoms with van der Waals surface area (Å²) in [6, 6.07) is 18.7. The first-order valence-corrected chi connectivity index (χ1v) is 8.39. The summed E-state index contributed by atoms with van der Waals surface area (Å²) >= 11 is 0. The zero-order valence-corrected chi connectivity index (χ0v) is 14.0. The molecule has 128 valence electrons. The second kappa shape index (κ2) is 6.81. The lowest BCUT2D eigenvalue weighted by atomic mass is 9.98. The summed E-state index contributed by atoms with van der Waals surface area (Å²) < 4.78 is 5.37. The van der Waals surface area contributed by atoms with E-state index in [-0.39, 0.29) is 11.8 Å². The average molecular weight is 344 g/mol. The van der Waals surface area contributed by atoms with Gasteiger partial charge in [-0.2, -0.15) is 10.2 Å². The molecule has 1 aromatic heterocycles. The standard InChI is InChI=1S/C20H16N4O2/c21-11-15-6-8-16(9-7-15)20(25)24-12-17(13-24)19-22-18(23-26-19)10-14-4-2-1-3-5-14/h1-9,17H,10,12-13H2. The molecule has 1 aliphatic heterocycles. The van der Waals surface area contributed by atoms with Gasteiger partial charge in [0.2, 0.25) is 5.89 Å². The Morgan fingerprint density at radius 1 is 1.15 bits per heavy atom. The van der Waals surface area contributed by atoms with Crippen LogP contribution < -0.4 is 0 Å². The molecule has 6 nitrogen and oxygen atoms in total. The monoisotopic (exact) mass is 344 g/mol. The molecule has 6 heteroatoms. The first kappa shape index (κ1) is 16.0. The van der Waals surface area contributed by atoms with Gasteiger partial charge in [-0.25, -0.2) is 0 Å². The predicted molar refractivity (Wildman–Crippen MR) is 93.3 cm³/mol. The fourth-order valence-electron chi connectivity index (χ4n) is 2.95. The molecule has 26 heavy (non-hydrogen) atoms. The molecule has 0 saturated carbocycles. The lowest BCUT2D eigenvalue weighted by Gasteiger charge is -2.37. The number of benzene rings is 2. The highest BCUT2D eigenvalue weighted by atomic mass is 16.5. The van der Waals surface area contributed by atoms with Crippen LogP contribution in [0.4, 0.5) is 0 Å². The van der Waals surface area contributed by atoms with E-state index in [1.807, 2.05) is 36.4 Å². The minimum absolute atomic E-state index is 0.0465. The molecular weight excluding hydrogens is 328 g/mol. The Labute approximate surface area is 150 Å². The smallest absolute Gasteiger partial charge is 0.253 e. The Bertz CT molecular complexity index is 951. The minimum atomic E-state index is -0.0465. The summed E-state index contributed by atoms with van der Waals surface area (Å²) in [6.07, 6.45) is 0.630. The normalized spacial score (nSPS) is 13.9. The van der Waals surface area contributed by atoms with E-state index in [1.165, 1.54) is 0 Å². The molecule has 2 heterocycles. The van der Waals surface area contributed by atoms with Gasteiger partial charge in [0.1, 0.15) is 0 Å². The van der Waals surface area contributed by atoms with Crippen molar-refractivity contribution in [2.24, 2.45) is 0 Å². The molecule has 1 saturated heterocycles. The van der Waals surface area contributed by atoms with Crippen molar-refractivity contribution in [2.45, 2.75) is 12.3 Å². The van der Waals surface area contributed by atoms with Crippen LogP contribution in [0.25, 0.3) is 0 Å². The van der Waals surface area contributed by atoms with E-state index in [0.29, 0.717) is 42.4 Å². The Kier molecular flexibility index (Phi) is 4.20. The largest absolute Gasteiger partial charge is 0.339 e. The molecular formula is C20H16N4O2. The number of aromatic nitrogens is 2. The first-order chi connectivity index (χ1) is 12.7. The number of nitriles is 1. The van der Waals surface area contributed by atoms with Gasteiger partial charge in [-0.15, -0.1) is 0 Å². The summed E-state index contributed by atoms with van der Waals surface area (Å²) in [5, 5.41) is 12.9. The van der Waals surface area contributed by atoms with Gasteiger partial charge >= 0.3 is 0 Å². The molecule has 0 N–H and O–H groups in total. The molecule has 1 fully saturated rings. The molecule has 0 unspecified atom stereocenters. The number of hydrogen-bond acceptors (Lipinski definition) is 5. The average Bonchev–Trinajstić information content (AvgIpc) is 3.09. The van der Waals surface area contributed by atoms with Crippen molar-refractivity contribution in [3.8, 4) is 6.07 Å². The summed E-state index contributed by atoms with van der Waals surface area (Å²) in [5.41, 5.74) is 2.25. The minimum Gasteiger partial charge on any atom is -0.339 e. The Morgan fingerprint density at radius 3 is 2.58 bits per heavy atom. The quantitative estimate of drug-likeness (QED) is 0.727. The van der Waals surface area contributed by atoms with Gasteiger partial charge in [0.25, 0.3) is 5.91 Å². The van der Waals surface area contributed by atoms with Crippen LogP contribution in [0.3, 0.4) is 0 Å². The van der Waals surface area contributed by atoms with Crippen LogP contribution in [0.5, 0.6) is 0 Å². The van der Waals surface area contributed by atoms with Crippen molar-refractivity contribution in [3.63, 3.8) is 0 Å². The second-order valence-corrected chi connectivity index (χ2v) is 6.31. The molecule has 4 rings (SSSR count). The van der Waals surface area contributed by atoms with Crippen LogP contribution in [-0.4, -0.2) is 34.0 Å². The molecule has 0 aliphatic carbocycles. The van der Waals surface area contributed by atoms with Crippen molar-refractivity contribution < 1.29 is 9.32 Å². The van der Waals surface area contributed by atoms with Crippen LogP contribution in [0, 0.1) is 11.3 Å². The zero-order valence-electron chi connectivity index (χ0n) is 14.0. The van der Waals surface area contributed by atoms with E-state index < -0.39 is 0 Å². The molecule has 3 aromatic rings. The highest BCUT2D eigenvalue weighted by Gasteiger charge is 2.35. The van der Waals surface area contributed by atoms with Crippen molar-refractivity contribution in [1.82, 2.24) is 15.0 Å². The SMILES string of the molecule is N#Cc1ccc(C(=O)N2CC(c3nc(Cc4ccccc4)no3)C2)cc1. The number of amides is 1. The third-order valence-electron chi connectivity index (χ3n) is 4.47. The molecule has 1 amide bonds. The molecule has 2 aromatic carbocycles. The lowest BCUT2D eigenvalue weighted by molar-refractivity contribution is 0.0569. The molecule has 0 atom stereocenters. The lowest BCUT2D eigenvalue weighted by Crippen LogP contribution is -2.48. The van der Waals surface area contributed by atoms with E-state index in [0.717, 1.165) is 5.56 Å². The van der Waals surface area contributed by atoms with Crippen molar-refractivity contribution in [1.29, 1.82) is 5.26 Å². The van der Waals surface area contributed by atoms with Gasteiger partial charge in [-0.3, -0.25) is 4.79 Å². The van der Waals surface area contributed by atoms with E-state index >= 15 is 0 Å². The first-order valence-electron chi connectivity index (χ1n) is 8.39. The number of likely N-dealkylation sites (tertiary alicyclic amines) is 1.